The minimum absolute atomic E-state index is 0.460. The highest BCUT2D eigenvalue weighted by Crippen LogP contribution is 2.29. The lowest BCUT2D eigenvalue weighted by Crippen LogP contribution is -2.40. The van der Waals surface area contributed by atoms with Crippen LogP contribution in [0.1, 0.15) is 34.1 Å². The van der Waals surface area contributed by atoms with Gasteiger partial charge in [0, 0.05) is 0 Å². The molecule has 16 heavy (non-hydrogen) atoms. The second-order valence-electron chi connectivity index (χ2n) is 4.82. The summed E-state index contributed by atoms with van der Waals surface area (Å²) in [5, 5.41) is 0. The quantitative estimate of drug-likeness (QED) is 0.771. The van der Waals surface area contributed by atoms with Gasteiger partial charge in [-0.15, -0.1) is 0 Å². The summed E-state index contributed by atoms with van der Waals surface area (Å²) in [6.07, 6.45) is -4.79. The van der Waals surface area contributed by atoms with Crippen LogP contribution in [0.5, 0.6) is 0 Å². The van der Waals surface area contributed by atoms with Crippen LogP contribution >= 0.6 is 0 Å². The van der Waals surface area contributed by atoms with E-state index in [1.54, 1.807) is 20.8 Å². The average molecular weight is 241 g/mol. The number of hydrogen-bond acceptors (Lipinski definition) is 3. The molecule has 0 saturated heterocycles. The lowest BCUT2D eigenvalue weighted by Gasteiger charge is -2.24. The Morgan fingerprint density at radius 1 is 1.31 bits per heavy atom. The first-order chi connectivity index (χ1) is 6.93. The van der Waals surface area contributed by atoms with Crippen molar-refractivity contribution < 1.29 is 22.7 Å². The van der Waals surface area contributed by atoms with E-state index in [0.29, 0.717) is 0 Å². The van der Waals surface area contributed by atoms with Crippen LogP contribution in [0.4, 0.5) is 13.2 Å². The van der Waals surface area contributed by atoms with E-state index in [0.717, 1.165) is 6.92 Å². The minimum atomic E-state index is -4.33. The normalized spacial score (nSPS) is 16.8. The van der Waals surface area contributed by atoms with Crippen molar-refractivity contribution in [1.29, 1.82) is 0 Å². The van der Waals surface area contributed by atoms with E-state index < -0.39 is 36.1 Å². The Hall–Kier alpha value is -0.780. The molecule has 0 heterocycles. The number of hydrogen-bond donors (Lipinski definition) is 1. The summed E-state index contributed by atoms with van der Waals surface area (Å²) in [5.41, 5.74) is 4.61. The lowest BCUT2D eigenvalue weighted by atomic mass is 10.0. The van der Waals surface area contributed by atoms with E-state index in [1.165, 1.54) is 0 Å². The molecule has 0 aliphatic heterocycles. The van der Waals surface area contributed by atoms with Crippen LogP contribution in [-0.4, -0.2) is 23.8 Å². The van der Waals surface area contributed by atoms with Gasteiger partial charge in [-0.25, -0.2) is 0 Å². The highest BCUT2D eigenvalue weighted by Gasteiger charge is 2.38. The number of alkyl halides is 3. The summed E-state index contributed by atoms with van der Waals surface area (Å²) in [6.45, 7) is 5.88. The number of carbonyl (C=O) groups is 1. The second kappa shape index (κ2) is 5.03. The largest absolute Gasteiger partial charge is 0.459 e. The van der Waals surface area contributed by atoms with Gasteiger partial charge in [-0.3, -0.25) is 4.79 Å². The Bertz CT molecular complexity index is 245. The molecule has 2 unspecified atom stereocenters. The number of carbonyl (C=O) groups excluding carboxylic acids is 1. The number of nitrogens with two attached hydrogens (primary N) is 1. The maximum absolute atomic E-state index is 12.2. The number of halogens is 3. The van der Waals surface area contributed by atoms with Gasteiger partial charge in [0.05, 0.1) is 5.92 Å². The third kappa shape index (κ3) is 5.95. The van der Waals surface area contributed by atoms with Gasteiger partial charge in [0.15, 0.2) is 0 Å². The first-order valence-electron chi connectivity index (χ1n) is 4.98. The van der Waals surface area contributed by atoms with Crippen molar-refractivity contribution in [3.05, 3.63) is 0 Å². The van der Waals surface area contributed by atoms with E-state index in [9.17, 15) is 18.0 Å². The predicted molar refractivity (Wildman–Crippen MR) is 53.7 cm³/mol. The van der Waals surface area contributed by atoms with E-state index in [2.05, 4.69) is 0 Å². The lowest BCUT2D eigenvalue weighted by molar-refractivity contribution is -0.176. The van der Waals surface area contributed by atoms with Crippen molar-refractivity contribution in [3.63, 3.8) is 0 Å². The fraction of sp³-hybridized carbons (Fsp3) is 0.900. The fourth-order valence-electron chi connectivity index (χ4n) is 0.988. The molecule has 2 atom stereocenters. The first kappa shape index (κ1) is 15.2. The maximum atomic E-state index is 12.2. The maximum Gasteiger partial charge on any atom is 0.391 e. The van der Waals surface area contributed by atoms with Crippen molar-refractivity contribution >= 4 is 5.97 Å². The zero-order valence-electron chi connectivity index (χ0n) is 9.89. The summed E-state index contributed by atoms with van der Waals surface area (Å²) in [7, 11) is 0. The second-order valence-corrected chi connectivity index (χ2v) is 4.82. The zero-order chi connectivity index (χ0) is 13.1. The van der Waals surface area contributed by atoms with Gasteiger partial charge in [-0.2, -0.15) is 13.2 Å². The Balaban J connectivity index is 4.27. The molecule has 0 fully saturated rings. The molecule has 0 aromatic rings. The molecule has 6 heteroatoms. The van der Waals surface area contributed by atoms with Crippen LogP contribution in [0, 0.1) is 5.92 Å². The highest BCUT2D eigenvalue weighted by molar-refractivity contribution is 5.75. The standard InChI is InChI=1S/C10H18F3NO2/c1-6(10(11,12)13)5-7(14)8(15)16-9(2,3)4/h6-7H,5,14H2,1-4H3. The minimum Gasteiger partial charge on any atom is -0.459 e. The molecule has 2 N–H and O–H groups in total. The van der Waals surface area contributed by atoms with Crippen molar-refractivity contribution in [2.24, 2.45) is 11.7 Å². The summed E-state index contributed by atoms with van der Waals surface area (Å²) in [6, 6.07) is -1.24. The average Bonchev–Trinajstić information content (AvgIpc) is 1.98. The van der Waals surface area contributed by atoms with Crippen molar-refractivity contribution in [2.45, 2.75) is 51.9 Å². The summed E-state index contributed by atoms with van der Waals surface area (Å²) < 4.78 is 41.5. The van der Waals surface area contributed by atoms with Gasteiger partial charge in [0.2, 0.25) is 0 Å². The molecule has 0 amide bonds. The Morgan fingerprint density at radius 3 is 2.06 bits per heavy atom. The number of ether oxygens (including phenoxy) is 1. The van der Waals surface area contributed by atoms with Gasteiger partial charge in [-0.1, -0.05) is 6.92 Å². The molecule has 0 bridgehead atoms. The van der Waals surface area contributed by atoms with Crippen LogP contribution in [0.25, 0.3) is 0 Å². The summed E-state index contributed by atoms with van der Waals surface area (Å²) in [4.78, 5) is 11.3. The van der Waals surface area contributed by atoms with Crippen molar-refractivity contribution in [1.82, 2.24) is 0 Å². The molecule has 0 saturated carbocycles. The third-order valence-electron chi connectivity index (χ3n) is 1.88. The molecular weight excluding hydrogens is 223 g/mol. The van der Waals surface area contributed by atoms with Gasteiger partial charge in [0.25, 0.3) is 0 Å². The SMILES string of the molecule is CC(CC(N)C(=O)OC(C)(C)C)C(F)(F)F. The monoisotopic (exact) mass is 241 g/mol. The molecule has 0 spiro atoms. The van der Waals surface area contributed by atoms with Crippen LogP contribution in [0.15, 0.2) is 0 Å². The molecule has 3 nitrogen and oxygen atoms in total. The van der Waals surface area contributed by atoms with E-state index in [4.69, 9.17) is 10.5 Å². The van der Waals surface area contributed by atoms with Gasteiger partial charge >= 0.3 is 12.1 Å². The third-order valence-corrected chi connectivity index (χ3v) is 1.88. The Labute approximate surface area is 93.1 Å². The smallest absolute Gasteiger partial charge is 0.391 e. The number of rotatable bonds is 3. The molecule has 0 aliphatic carbocycles. The van der Waals surface area contributed by atoms with E-state index >= 15 is 0 Å². The summed E-state index contributed by atoms with van der Waals surface area (Å²) in [5.74, 6) is -2.42. The molecule has 0 rings (SSSR count). The van der Waals surface area contributed by atoms with Crippen molar-refractivity contribution in [2.75, 3.05) is 0 Å². The van der Waals surface area contributed by atoms with Crippen LogP contribution in [0.3, 0.4) is 0 Å². The van der Waals surface area contributed by atoms with Gasteiger partial charge in [0.1, 0.15) is 11.6 Å². The van der Waals surface area contributed by atoms with Gasteiger partial charge in [-0.05, 0) is 27.2 Å². The highest BCUT2D eigenvalue weighted by atomic mass is 19.4. The van der Waals surface area contributed by atoms with E-state index in [1.807, 2.05) is 0 Å². The molecule has 96 valence electrons. The number of esters is 1. The zero-order valence-corrected chi connectivity index (χ0v) is 9.89. The Morgan fingerprint density at radius 2 is 1.75 bits per heavy atom. The van der Waals surface area contributed by atoms with Gasteiger partial charge < -0.3 is 10.5 Å². The molecule has 0 aliphatic rings. The van der Waals surface area contributed by atoms with Crippen LogP contribution in [-0.2, 0) is 9.53 Å². The molecular formula is C10H18F3NO2. The van der Waals surface area contributed by atoms with Crippen LogP contribution < -0.4 is 5.73 Å². The topological polar surface area (TPSA) is 52.3 Å². The van der Waals surface area contributed by atoms with Crippen molar-refractivity contribution in [3.8, 4) is 0 Å². The van der Waals surface area contributed by atoms with E-state index in [-0.39, 0.29) is 0 Å². The summed E-state index contributed by atoms with van der Waals surface area (Å²) >= 11 is 0. The fourth-order valence-corrected chi connectivity index (χ4v) is 0.988. The molecule has 0 radical (unpaired) electrons. The Kier molecular flexibility index (Phi) is 4.79. The molecule has 0 aromatic heterocycles. The van der Waals surface area contributed by atoms with Crippen LogP contribution in [0.2, 0.25) is 0 Å². The molecule has 0 aromatic carbocycles. The predicted octanol–water partition coefficient (Wildman–Crippen LogP) is 2.24. The first-order valence-corrected chi connectivity index (χ1v) is 4.98.